The van der Waals surface area contributed by atoms with Crippen molar-refractivity contribution in [3.05, 3.63) is 30.3 Å². The van der Waals surface area contributed by atoms with Gasteiger partial charge in [-0.3, -0.25) is 4.90 Å². The lowest BCUT2D eigenvalue weighted by atomic mass is 9.92. The first-order chi connectivity index (χ1) is 7.86. The number of anilines is 1. The average Bonchev–Trinajstić information content (AvgIpc) is 2.66. The minimum absolute atomic E-state index is 0.112. The normalized spacial score (nSPS) is 28.8. The first-order valence-electron chi connectivity index (χ1n) is 5.91. The maximum absolute atomic E-state index is 11.8. The molecule has 0 bridgehead atoms. The second-order valence-electron chi connectivity index (χ2n) is 4.48. The zero-order valence-electron chi connectivity index (χ0n) is 9.13. The summed E-state index contributed by atoms with van der Waals surface area (Å²) in [6, 6.07) is 10.1. The van der Waals surface area contributed by atoms with Gasteiger partial charge in [0, 0.05) is 5.69 Å². The molecule has 1 heterocycles. The third-order valence-electron chi connectivity index (χ3n) is 3.48. The fourth-order valence-corrected chi connectivity index (χ4v) is 2.72. The molecule has 3 heteroatoms. The molecule has 1 amide bonds. The first kappa shape index (κ1) is 9.70. The highest BCUT2D eigenvalue weighted by Crippen LogP contribution is 2.34. The monoisotopic (exact) mass is 217 g/mol. The van der Waals surface area contributed by atoms with Crippen LogP contribution in [0.1, 0.15) is 25.7 Å². The summed E-state index contributed by atoms with van der Waals surface area (Å²) in [6.07, 6.45) is 4.38. The minimum Gasteiger partial charge on any atom is -0.444 e. The molecule has 1 saturated heterocycles. The number of nitrogens with zero attached hydrogens (tertiary/aromatic N) is 1. The Hall–Kier alpha value is -1.51. The predicted octanol–water partition coefficient (Wildman–Crippen LogP) is 2.95. The van der Waals surface area contributed by atoms with Gasteiger partial charge in [0.2, 0.25) is 0 Å². The molecule has 84 valence electrons. The molecule has 2 atom stereocenters. The predicted molar refractivity (Wildman–Crippen MR) is 61.4 cm³/mol. The standard InChI is InChI=1S/C13H15NO2/c15-13-14(10-6-2-1-3-7-10)11-8-4-5-9-12(11)16-13/h1-3,6-7,11-12H,4-5,8-9H2/t11-,12+/m0/s1. The van der Waals surface area contributed by atoms with Gasteiger partial charge in [-0.05, 0) is 31.4 Å². The molecule has 1 aromatic carbocycles. The Kier molecular flexibility index (Phi) is 2.31. The van der Waals surface area contributed by atoms with E-state index in [-0.39, 0.29) is 18.2 Å². The van der Waals surface area contributed by atoms with Crippen molar-refractivity contribution in [1.29, 1.82) is 0 Å². The van der Waals surface area contributed by atoms with Crippen LogP contribution in [0.5, 0.6) is 0 Å². The Labute approximate surface area is 95.0 Å². The highest BCUT2D eigenvalue weighted by atomic mass is 16.6. The lowest BCUT2D eigenvalue weighted by Gasteiger charge is -2.27. The van der Waals surface area contributed by atoms with Crippen LogP contribution in [-0.4, -0.2) is 18.2 Å². The Morgan fingerprint density at radius 1 is 1.12 bits per heavy atom. The quantitative estimate of drug-likeness (QED) is 0.723. The molecule has 2 fully saturated rings. The summed E-state index contributed by atoms with van der Waals surface area (Å²) in [5.74, 6) is 0. The molecule has 1 aliphatic carbocycles. The van der Waals surface area contributed by atoms with E-state index in [0.717, 1.165) is 18.5 Å². The van der Waals surface area contributed by atoms with Crippen molar-refractivity contribution >= 4 is 11.8 Å². The van der Waals surface area contributed by atoms with Crippen molar-refractivity contribution in [1.82, 2.24) is 0 Å². The van der Waals surface area contributed by atoms with Gasteiger partial charge in [0.1, 0.15) is 6.10 Å². The molecule has 1 aromatic rings. The minimum atomic E-state index is -0.178. The van der Waals surface area contributed by atoms with E-state index >= 15 is 0 Å². The molecule has 0 N–H and O–H groups in total. The molecule has 16 heavy (non-hydrogen) atoms. The van der Waals surface area contributed by atoms with Crippen molar-refractivity contribution in [3.8, 4) is 0 Å². The molecular formula is C13H15NO2. The molecule has 0 spiro atoms. The van der Waals surface area contributed by atoms with E-state index in [2.05, 4.69) is 0 Å². The highest BCUT2D eigenvalue weighted by molar-refractivity contribution is 5.90. The number of benzene rings is 1. The van der Waals surface area contributed by atoms with Crippen molar-refractivity contribution in [2.75, 3.05) is 4.90 Å². The van der Waals surface area contributed by atoms with E-state index in [1.165, 1.54) is 12.8 Å². The lowest BCUT2D eigenvalue weighted by molar-refractivity contribution is 0.113. The van der Waals surface area contributed by atoms with Gasteiger partial charge in [-0.2, -0.15) is 0 Å². The summed E-state index contributed by atoms with van der Waals surface area (Å²) in [5, 5.41) is 0. The number of ether oxygens (including phenoxy) is 1. The Bertz CT molecular complexity index is 390. The van der Waals surface area contributed by atoms with Crippen LogP contribution in [-0.2, 0) is 4.74 Å². The van der Waals surface area contributed by atoms with Crippen LogP contribution in [0.3, 0.4) is 0 Å². The van der Waals surface area contributed by atoms with E-state index in [1.807, 2.05) is 35.2 Å². The largest absolute Gasteiger partial charge is 0.444 e. The van der Waals surface area contributed by atoms with Gasteiger partial charge in [0.25, 0.3) is 0 Å². The average molecular weight is 217 g/mol. The van der Waals surface area contributed by atoms with Crippen LogP contribution in [0.25, 0.3) is 0 Å². The van der Waals surface area contributed by atoms with Crippen LogP contribution >= 0.6 is 0 Å². The molecule has 1 saturated carbocycles. The number of para-hydroxylation sites is 1. The Morgan fingerprint density at radius 3 is 2.69 bits per heavy atom. The topological polar surface area (TPSA) is 29.5 Å². The van der Waals surface area contributed by atoms with Gasteiger partial charge < -0.3 is 4.74 Å². The second kappa shape index (κ2) is 3.81. The van der Waals surface area contributed by atoms with Gasteiger partial charge in [0.05, 0.1) is 6.04 Å². The molecule has 0 radical (unpaired) electrons. The molecule has 1 aliphatic heterocycles. The van der Waals surface area contributed by atoms with Crippen molar-refractivity contribution < 1.29 is 9.53 Å². The summed E-state index contributed by atoms with van der Waals surface area (Å²) in [5.41, 5.74) is 0.960. The van der Waals surface area contributed by atoms with E-state index in [0.29, 0.717) is 0 Å². The molecule has 0 aromatic heterocycles. The van der Waals surface area contributed by atoms with E-state index in [9.17, 15) is 4.79 Å². The molecule has 0 unspecified atom stereocenters. The zero-order chi connectivity index (χ0) is 11.0. The van der Waals surface area contributed by atoms with Gasteiger partial charge in [-0.1, -0.05) is 24.6 Å². The first-order valence-corrected chi connectivity index (χ1v) is 5.91. The van der Waals surface area contributed by atoms with Crippen LogP contribution in [0.15, 0.2) is 30.3 Å². The van der Waals surface area contributed by atoms with E-state index in [4.69, 9.17) is 4.74 Å². The maximum Gasteiger partial charge on any atom is 0.415 e. The van der Waals surface area contributed by atoms with E-state index < -0.39 is 0 Å². The van der Waals surface area contributed by atoms with Gasteiger partial charge in [-0.25, -0.2) is 4.79 Å². The SMILES string of the molecule is O=C1O[C@@H]2CCCC[C@@H]2N1c1ccccc1. The Morgan fingerprint density at radius 2 is 1.88 bits per heavy atom. The number of rotatable bonds is 1. The summed E-state index contributed by atoms with van der Waals surface area (Å²) >= 11 is 0. The molecule has 3 nitrogen and oxygen atoms in total. The lowest BCUT2D eigenvalue weighted by Crippen LogP contribution is -2.38. The fraction of sp³-hybridized carbons (Fsp3) is 0.462. The summed E-state index contributed by atoms with van der Waals surface area (Å²) in [4.78, 5) is 13.7. The number of carbonyl (C=O) groups is 1. The van der Waals surface area contributed by atoms with Gasteiger partial charge in [0.15, 0.2) is 0 Å². The third-order valence-corrected chi connectivity index (χ3v) is 3.48. The number of hydrogen-bond acceptors (Lipinski definition) is 2. The summed E-state index contributed by atoms with van der Waals surface area (Å²) in [6.45, 7) is 0. The van der Waals surface area contributed by atoms with Crippen LogP contribution in [0.4, 0.5) is 10.5 Å². The number of fused-ring (bicyclic) bond motifs is 1. The Balaban J connectivity index is 1.91. The number of amides is 1. The van der Waals surface area contributed by atoms with Crippen LogP contribution in [0, 0.1) is 0 Å². The third kappa shape index (κ3) is 1.47. The van der Waals surface area contributed by atoms with Crippen molar-refractivity contribution in [2.45, 2.75) is 37.8 Å². The van der Waals surface area contributed by atoms with Crippen LogP contribution in [0.2, 0.25) is 0 Å². The maximum atomic E-state index is 11.8. The number of carbonyl (C=O) groups excluding carboxylic acids is 1. The van der Waals surface area contributed by atoms with Crippen molar-refractivity contribution in [2.24, 2.45) is 0 Å². The highest BCUT2D eigenvalue weighted by Gasteiger charge is 2.43. The fourth-order valence-electron chi connectivity index (χ4n) is 2.72. The smallest absolute Gasteiger partial charge is 0.415 e. The van der Waals surface area contributed by atoms with E-state index in [1.54, 1.807) is 0 Å². The van der Waals surface area contributed by atoms with Crippen molar-refractivity contribution in [3.63, 3.8) is 0 Å². The second-order valence-corrected chi connectivity index (χ2v) is 4.48. The molecule has 3 rings (SSSR count). The number of hydrogen-bond donors (Lipinski definition) is 0. The summed E-state index contributed by atoms with van der Waals surface area (Å²) in [7, 11) is 0. The molecule has 2 aliphatic rings. The van der Waals surface area contributed by atoms with Gasteiger partial charge >= 0.3 is 6.09 Å². The summed E-state index contributed by atoms with van der Waals surface area (Å²) < 4.78 is 5.42. The van der Waals surface area contributed by atoms with Crippen LogP contribution < -0.4 is 4.90 Å². The zero-order valence-corrected chi connectivity index (χ0v) is 9.13. The molecular weight excluding hydrogens is 202 g/mol. The van der Waals surface area contributed by atoms with Gasteiger partial charge in [-0.15, -0.1) is 0 Å².